The average molecular weight is 281 g/mol. The van der Waals surface area contributed by atoms with E-state index >= 15 is 0 Å². The van der Waals surface area contributed by atoms with Crippen molar-refractivity contribution in [1.29, 1.82) is 0 Å². The number of halogens is 1. The van der Waals surface area contributed by atoms with E-state index in [-0.39, 0.29) is 16.5 Å². The zero-order valence-corrected chi connectivity index (χ0v) is 10.5. The number of carbonyl (C=O) groups is 1. The van der Waals surface area contributed by atoms with Crippen LogP contribution in [0.1, 0.15) is 10.5 Å². The number of nitrogens with zero attached hydrogens (tertiary/aromatic N) is 3. The summed E-state index contributed by atoms with van der Waals surface area (Å²) in [5, 5.41) is 11.7. The first-order valence-electron chi connectivity index (χ1n) is 5.13. The van der Waals surface area contributed by atoms with Gasteiger partial charge in [-0.05, 0) is 12.1 Å². The molecule has 0 bridgehead atoms. The summed E-state index contributed by atoms with van der Waals surface area (Å²) in [5.74, 6) is -0.719. The first-order chi connectivity index (χ1) is 9.13. The van der Waals surface area contributed by atoms with Crippen LogP contribution in [0.15, 0.2) is 24.7 Å². The Morgan fingerprint density at radius 3 is 2.89 bits per heavy atom. The van der Waals surface area contributed by atoms with Crippen LogP contribution in [0.4, 0.5) is 11.5 Å². The molecule has 2 rings (SSSR count). The smallest absolute Gasteiger partial charge is 0.356 e. The van der Waals surface area contributed by atoms with Crippen molar-refractivity contribution in [2.24, 2.45) is 0 Å². The van der Waals surface area contributed by atoms with E-state index in [1.54, 1.807) is 18.3 Å². The first kappa shape index (κ1) is 13.0. The Bertz CT molecular complexity index is 621. The summed E-state index contributed by atoms with van der Waals surface area (Å²) in [6.45, 7) is 0. The van der Waals surface area contributed by atoms with E-state index in [1.807, 2.05) is 0 Å². The van der Waals surface area contributed by atoms with E-state index < -0.39 is 5.97 Å². The number of methoxy groups -OCH3 is 1. The Morgan fingerprint density at radius 1 is 1.42 bits per heavy atom. The van der Waals surface area contributed by atoms with Crippen molar-refractivity contribution in [2.45, 2.75) is 0 Å². The molecule has 98 valence electrons. The molecule has 0 fully saturated rings. The van der Waals surface area contributed by atoms with Gasteiger partial charge < -0.3 is 15.2 Å². The van der Waals surface area contributed by atoms with Crippen LogP contribution in [-0.4, -0.2) is 33.1 Å². The van der Waals surface area contributed by atoms with Crippen LogP contribution in [0.3, 0.4) is 0 Å². The number of carboxylic acids is 1. The monoisotopic (exact) mass is 280 g/mol. The second kappa shape index (κ2) is 5.49. The lowest BCUT2D eigenvalue weighted by Gasteiger charge is -2.10. The quantitative estimate of drug-likeness (QED) is 0.883. The highest BCUT2D eigenvalue weighted by Crippen LogP contribution is 2.28. The van der Waals surface area contributed by atoms with Crippen molar-refractivity contribution in [1.82, 2.24) is 15.0 Å². The Morgan fingerprint density at radius 2 is 2.21 bits per heavy atom. The van der Waals surface area contributed by atoms with E-state index in [0.717, 1.165) is 6.33 Å². The van der Waals surface area contributed by atoms with Crippen molar-refractivity contribution in [2.75, 3.05) is 12.4 Å². The van der Waals surface area contributed by atoms with E-state index in [4.69, 9.17) is 21.4 Å². The summed E-state index contributed by atoms with van der Waals surface area (Å²) in [7, 11) is 1.47. The number of aromatic carboxylic acids is 1. The summed E-state index contributed by atoms with van der Waals surface area (Å²) in [4.78, 5) is 22.4. The third-order valence-corrected chi connectivity index (χ3v) is 2.57. The molecule has 0 aliphatic rings. The Hall–Kier alpha value is -2.41. The third-order valence-electron chi connectivity index (χ3n) is 2.21. The molecule has 0 unspecified atom stereocenters. The molecule has 0 aliphatic carbocycles. The maximum Gasteiger partial charge on any atom is 0.356 e. The van der Waals surface area contributed by atoms with Crippen LogP contribution >= 0.6 is 11.6 Å². The first-order valence-corrected chi connectivity index (χ1v) is 5.51. The van der Waals surface area contributed by atoms with Gasteiger partial charge in [0.15, 0.2) is 11.5 Å². The highest BCUT2D eigenvalue weighted by molar-refractivity contribution is 6.35. The summed E-state index contributed by atoms with van der Waals surface area (Å²) < 4.78 is 5.06. The molecule has 2 aromatic heterocycles. The minimum Gasteiger partial charge on any atom is -0.480 e. The SMILES string of the molecule is COc1ncccc1Nc1ncnc(C(=O)O)c1Cl. The van der Waals surface area contributed by atoms with Crippen LogP contribution in [-0.2, 0) is 0 Å². The average Bonchev–Trinajstić information content (AvgIpc) is 2.41. The number of hydrogen-bond acceptors (Lipinski definition) is 6. The molecule has 0 saturated carbocycles. The molecule has 0 aromatic carbocycles. The number of hydrogen-bond donors (Lipinski definition) is 2. The zero-order valence-electron chi connectivity index (χ0n) is 9.79. The Kier molecular flexibility index (Phi) is 3.76. The van der Waals surface area contributed by atoms with Gasteiger partial charge in [0.2, 0.25) is 5.88 Å². The molecule has 8 heteroatoms. The highest BCUT2D eigenvalue weighted by Gasteiger charge is 2.16. The van der Waals surface area contributed by atoms with E-state index in [1.165, 1.54) is 7.11 Å². The van der Waals surface area contributed by atoms with Gasteiger partial charge in [-0.25, -0.2) is 19.7 Å². The fourth-order valence-electron chi connectivity index (χ4n) is 1.38. The van der Waals surface area contributed by atoms with Gasteiger partial charge in [0.05, 0.1) is 7.11 Å². The molecule has 0 spiro atoms. The number of ether oxygens (including phenoxy) is 1. The van der Waals surface area contributed by atoms with Crippen LogP contribution < -0.4 is 10.1 Å². The fourth-order valence-corrected chi connectivity index (χ4v) is 1.61. The largest absolute Gasteiger partial charge is 0.480 e. The predicted octanol–water partition coefficient (Wildman–Crippen LogP) is 1.98. The van der Waals surface area contributed by atoms with Gasteiger partial charge in [-0.15, -0.1) is 0 Å². The van der Waals surface area contributed by atoms with Gasteiger partial charge in [0, 0.05) is 6.20 Å². The van der Waals surface area contributed by atoms with Crippen LogP contribution in [0.2, 0.25) is 5.02 Å². The van der Waals surface area contributed by atoms with E-state index in [2.05, 4.69) is 20.3 Å². The molecule has 2 heterocycles. The molecule has 2 N–H and O–H groups in total. The van der Waals surface area contributed by atoms with Gasteiger partial charge in [0.1, 0.15) is 17.0 Å². The molecular weight excluding hydrogens is 272 g/mol. The molecule has 0 radical (unpaired) electrons. The number of carboxylic acid groups (broad SMARTS) is 1. The lowest BCUT2D eigenvalue weighted by atomic mass is 10.3. The van der Waals surface area contributed by atoms with Crippen molar-refractivity contribution in [3.63, 3.8) is 0 Å². The van der Waals surface area contributed by atoms with Crippen molar-refractivity contribution in [3.8, 4) is 5.88 Å². The van der Waals surface area contributed by atoms with Crippen LogP contribution in [0, 0.1) is 0 Å². The summed E-state index contributed by atoms with van der Waals surface area (Å²) in [5.41, 5.74) is 0.240. The van der Waals surface area contributed by atoms with Gasteiger partial charge in [-0.3, -0.25) is 0 Å². The van der Waals surface area contributed by atoms with Crippen molar-refractivity contribution in [3.05, 3.63) is 35.4 Å². The van der Waals surface area contributed by atoms with E-state index in [0.29, 0.717) is 11.6 Å². The molecule has 0 amide bonds. The van der Waals surface area contributed by atoms with Gasteiger partial charge in [-0.1, -0.05) is 11.6 Å². The Labute approximate surface area is 113 Å². The predicted molar refractivity (Wildman–Crippen MR) is 68.1 cm³/mol. The summed E-state index contributed by atoms with van der Waals surface area (Å²) in [6.07, 6.45) is 2.68. The molecule has 7 nitrogen and oxygen atoms in total. The van der Waals surface area contributed by atoms with Crippen molar-refractivity contribution < 1.29 is 14.6 Å². The van der Waals surface area contributed by atoms with E-state index in [9.17, 15) is 4.79 Å². The minimum atomic E-state index is -1.23. The topological polar surface area (TPSA) is 97.2 Å². The van der Waals surface area contributed by atoms with Crippen LogP contribution in [0.25, 0.3) is 0 Å². The number of pyridine rings is 1. The number of anilines is 2. The van der Waals surface area contributed by atoms with Gasteiger partial charge >= 0.3 is 5.97 Å². The standard InChI is InChI=1S/C11H9ClN4O3/c1-19-10-6(3-2-4-13-10)16-9-7(12)8(11(17)18)14-5-15-9/h2-5H,1H3,(H,17,18)(H,14,15,16). The molecule has 0 saturated heterocycles. The summed E-state index contributed by atoms with van der Waals surface area (Å²) >= 11 is 5.92. The second-order valence-electron chi connectivity index (χ2n) is 3.38. The Balaban J connectivity index is 2.39. The molecule has 0 atom stereocenters. The number of rotatable bonds is 4. The normalized spacial score (nSPS) is 10.0. The van der Waals surface area contributed by atoms with Crippen molar-refractivity contribution >= 4 is 29.1 Å². The highest BCUT2D eigenvalue weighted by atomic mass is 35.5. The maximum atomic E-state index is 10.9. The third kappa shape index (κ3) is 2.71. The molecule has 19 heavy (non-hydrogen) atoms. The van der Waals surface area contributed by atoms with Crippen LogP contribution in [0.5, 0.6) is 5.88 Å². The zero-order chi connectivity index (χ0) is 13.8. The lowest BCUT2D eigenvalue weighted by molar-refractivity contribution is 0.0690. The maximum absolute atomic E-state index is 10.9. The molecular formula is C11H9ClN4O3. The fraction of sp³-hybridized carbons (Fsp3) is 0.0909. The number of nitrogens with one attached hydrogen (secondary N) is 1. The lowest BCUT2D eigenvalue weighted by Crippen LogP contribution is -2.06. The van der Waals surface area contributed by atoms with Gasteiger partial charge in [0.25, 0.3) is 0 Å². The second-order valence-corrected chi connectivity index (χ2v) is 3.75. The number of aromatic nitrogens is 3. The minimum absolute atomic E-state index is 0.0825. The summed E-state index contributed by atoms with van der Waals surface area (Å²) in [6, 6.07) is 3.39. The molecule has 2 aromatic rings. The molecule has 0 aliphatic heterocycles. The van der Waals surface area contributed by atoms with Gasteiger partial charge in [-0.2, -0.15) is 0 Å².